The molecule has 1 saturated heterocycles. The largest absolute Gasteiger partial charge is 0.342 e. The summed E-state index contributed by atoms with van der Waals surface area (Å²) in [6.07, 6.45) is 7.93. The maximum atomic E-state index is 13.5. The molecule has 2 aromatic carbocycles. The molecule has 3 fully saturated rings. The van der Waals surface area contributed by atoms with E-state index in [1.165, 1.54) is 12.1 Å². The van der Waals surface area contributed by atoms with Gasteiger partial charge in [0, 0.05) is 30.8 Å². The van der Waals surface area contributed by atoms with Gasteiger partial charge in [0.15, 0.2) is 0 Å². The van der Waals surface area contributed by atoms with E-state index in [4.69, 9.17) is 0 Å². The van der Waals surface area contributed by atoms with Crippen LogP contribution in [-0.2, 0) is 9.59 Å². The molecule has 3 aliphatic rings. The number of benzene rings is 2. The number of hydrogen-bond donors (Lipinski definition) is 1. The van der Waals surface area contributed by atoms with Crippen molar-refractivity contribution in [3.63, 3.8) is 0 Å². The molecule has 2 aromatic rings. The molecule has 33 heavy (non-hydrogen) atoms. The van der Waals surface area contributed by atoms with Crippen LogP contribution in [-0.4, -0.2) is 29.8 Å². The number of carbonyl (C=O) groups excluding carboxylic acids is 2. The van der Waals surface area contributed by atoms with E-state index >= 15 is 0 Å². The lowest BCUT2D eigenvalue weighted by molar-refractivity contribution is -0.137. The van der Waals surface area contributed by atoms with Gasteiger partial charge >= 0.3 is 0 Å². The van der Waals surface area contributed by atoms with Gasteiger partial charge in [-0.1, -0.05) is 25.0 Å². The fourth-order valence-corrected chi connectivity index (χ4v) is 5.76. The zero-order valence-corrected chi connectivity index (χ0v) is 18.8. The highest BCUT2D eigenvalue weighted by Gasteiger charge is 2.55. The summed E-state index contributed by atoms with van der Waals surface area (Å²) in [6, 6.07) is 10.5. The Hall–Kier alpha value is -2.76. The van der Waals surface area contributed by atoms with Gasteiger partial charge < -0.3 is 10.2 Å². The second-order valence-corrected chi connectivity index (χ2v) is 9.93. The van der Waals surface area contributed by atoms with E-state index in [1.807, 2.05) is 4.90 Å². The van der Waals surface area contributed by atoms with Gasteiger partial charge in [-0.25, -0.2) is 8.78 Å². The lowest BCUT2D eigenvalue weighted by Gasteiger charge is -2.37. The Labute approximate surface area is 193 Å². The molecule has 0 radical (unpaired) electrons. The van der Waals surface area contributed by atoms with Crippen molar-refractivity contribution in [2.24, 2.45) is 17.3 Å². The first-order valence-corrected chi connectivity index (χ1v) is 12.1. The van der Waals surface area contributed by atoms with Crippen LogP contribution in [0.1, 0.15) is 51.4 Å². The summed E-state index contributed by atoms with van der Waals surface area (Å²) in [5.74, 6) is -0.347. The van der Waals surface area contributed by atoms with E-state index in [0.717, 1.165) is 70.5 Å². The Morgan fingerprint density at radius 1 is 0.848 bits per heavy atom. The lowest BCUT2D eigenvalue weighted by atomic mass is 9.80. The first-order valence-electron chi connectivity index (χ1n) is 12.1. The van der Waals surface area contributed by atoms with Crippen molar-refractivity contribution in [2.45, 2.75) is 51.4 Å². The topological polar surface area (TPSA) is 49.4 Å². The summed E-state index contributed by atoms with van der Waals surface area (Å²) in [6.45, 7) is 1.52. The first kappa shape index (κ1) is 22.1. The smallest absolute Gasteiger partial charge is 0.230 e. The molecule has 0 unspecified atom stereocenters. The molecule has 0 bridgehead atoms. The third-order valence-electron chi connectivity index (χ3n) is 7.87. The van der Waals surface area contributed by atoms with Crippen LogP contribution in [0.3, 0.4) is 0 Å². The summed E-state index contributed by atoms with van der Waals surface area (Å²) in [5.41, 5.74) is 1.50. The highest BCUT2D eigenvalue weighted by atomic mass is 19.1. The summed E-state index contributed by atoms with van der Waals surface area (Å²) < 4.78 is 27.0. The van der Waals surface area contributed by atoms with Gasteiger partial charge in [0.05, 0.1) is 5.41 Å². The third kappa shape index (κ3) is 4.53. The Kier molecular flexibility index (Phi) is 5.94. The van der Waals surface area contributed by atoms with E-state index in [9.17, 15) is 18.4 Å². The average Bonchev–Trinajstić information content (AvgIpc) is 3.45. The van der Waals surface area contributed by atoms with E-state index in [1.54, 1.807) is 24.3 Å². The van der Waals surface area contributed by atoms with Gasteiger partial charge in [0.25, 0.3) is 0 Å². The zero-order valence-electron chi connectivity index (χ0n) is 18.8. The number of halogens is 2. The molecule has 0 aromatic heterocycles. The van der Waals surface area contributed by atoms with Crippen LogP contribution >= 0.6 is 0 Å². The molecule has 2 amide bonds. The van der Waals surface area contributed by atoms with Gasteiger partial charge in [0.1, 0.15) is 11.6 Å². The number of anilines is 1. The van der Waals surface area contributed by atoms with Crippen LogP contribution in [0.5, 0.6) is 0 Å². The maximum Gasteiger partial charge on any atom is 0.230 e. The molecule has 0 spiro atoms. The number of hydrogen-bond acceptors (Lipinski definition) is 2. The molecular formula is C27H30F2N2O2. The molecule has 1 N–H and O–H groups in total. The SMILES string of the molecule is O=C(C1CCCC1)N1CCC(C2(C(=O)Nc3ccc(-c4cc(F)cc(F)c4)cc3)CC2)CC1. The van der Waals surface area contributed by atoms with Crippen molar-refractivity contribution in [3.05, 3.63) is 54.1 Å². The van der Waals surface area contributed by atoms with Gasteiger partial charge in [0.2, 0.25) is 11.8 Å². The fourth-order valence-electron chi connectivity index (χ4n) is 5.76. The Bertz CT molecular complexity index is 1010. The molecule has 0 atom stereocenters. The van der Waals surface area contributed by atoms with Gasteiger partial charge in [-0.3, -0.25) is 9.59 Å². The second-order valence-electron chi connectivity index (χ2n) is 9.93. The Morgan fingerprint density at radius 3 is 2.03 bits per heavy atom. The lowest BCUT2D eigenvalue weighted by Crippen LogP contribution is -2.44. The third-order valence-corrected chi connectivity index (χ3v) is 7.87. The molecule has 2 saturated carbocycles. The maximum absolute atomic E-state index is 13.5. The quantitative estimate of drug-likeness (QED) is 0.625. The van der Waals surface area contributed by atoms with Crippen LogP contribution in [0.15, 0.2) is 42.5 Å². The van der Waals surface area contributed by atoms with E-state index < -0.39 is 11.6 Å². The highest BCUT2D eigenvalue weighted by molar-refractivity contribution is 5.97. The van der Waals surface area contributed by atoms with Crippen molar-refractivity contribution < 1.29 is 18.4 Å². The number of nitrogens with zero attached hydrogens (tertiary/aromatic N) is 1. The predicted molar refractivity (Wildman–Crippen MR) is 123 cm³/mol. The summed E-state index contributed by atoms with van der Waals surface area (Å²) in [5, 5.41) is 3.05. The van der Waals surface area contributed by atoms with Crippen LogP contribution in [0.25, 0.3) is 11.1 Å². The minimum absolute atomic E-state index is 0.0487. The van der Waals surface area contributed by atoms with E-state index in [0.29, 0.717) is 28.6 Å². The van der Waals surface area contributed by atoms with E-state index in [2.05, 4.69) is 5.32 Å². The van der Waals surface area contributed by atoms with Gasteiger partial charge in [-0.2, -0.15) is 0 Å². The van der Waals surface area contributed by atoms with Crippen LogP contribution in [0, 0.1) is 28.9 Å². The molecule has 174 valence electrons. The van der Waals surface area contributed by atoms with Crippen LogP contribution in [0.2, 0.25) is 0 Å². The first-order chi connectivity index (χ1) is 15.9. The molecule has 6 heteroatoms. The van der Waals surface area contributed by atoms with Crippen molar-refractivity contribution >= 4 is 17.5 Å². The monoisotopic (exact) mass is 452 g/mol. The Morgan fingerprint density at radius 2 is 1.45 bits per heavy atom. The molecule has 1 heterocycles. The number of likely N-dealkylation sites (tertiary alicyclic amines) is 1. The standard InChI is InChI=1S/C27H30F2N2O2/c28-22-15-20(16-23(29)17-22)18-5-7-24(8-6-18)30-26(33)27(11-12-27)21-9-13-31(14-10-21)25(32)19-3-1-2-4-19/h5-8,15-17,19,21H,1-4,9-14H2,(H,30,33). The fraction of sp³-hybridized carbons (Fsp3) is 0.481. The Balaban J connectivity index is 1.19. The normalized spacial score (nSPS) is 20.6. The number of nitrogens with one attached hydrogen (secondary N) is 1. The van der Waals surface area contributed by atoms with Gasteiger partial charge in [-0.05, 0) is 79.8 Å². The molecular weight excluding hydrogens is 422 g/mol. The number of carbonyl (C=O) groups is 2. The van der Waals surface area contributed by atoms with Crippen LogP contribution < -0.4 is 5.32 Å². The zero-order chi connectivity index (χ0) is 23.0. The predicted octanol–water partition coefficient (Wildman–Crippen LogP) is 5.78. The van der Waals surface area contributed by atoms with Crippen molar-refractivity contribution in [2.75, 3.05) is 18.4 Å². The average molecular weight is 453 g/mol. The number of piperidine rings is 1. The number of amides is 2. The molecule has 2 aliphatic carbocycles. The molecule has 4 nitrogen and oxygen atoms in total. The second kappa shape index (κ2) is 8.88. The summed E-state index contributed by atoms with van der Waals surface area (Å²) in [7, 11) is 0. The van der Waals surface area contributed by atoms with Crippen molar-refractivity contribution in [1.29, 1.82) is 0 Å². The van der Waals surface area contributed by atoms with Crippen molar-refractivity contribution in [3.8, 4) is 11.1 Å². The summed E-state index contributed by atoms with van der Waals surface area (Å²) in [4.78, 5) is 27.9. The van der Waals surface area contributed by atoms with E-state index in [-0.39, 0.29) is 17.2 Å². The minimum Gasteiger partial charge on any atom is -0.342 e. The summed E-state index contributed by atoms with van der Waals surface area (Å²) >= 11 is 0. The van der Waals surface area contributed by atoms with Crippen LogP contribution in [0.4, 0.5) is 14.5 Å². The molecule has 1 aliphatic heterocycles. The number of rotatable bonds is 5. The molecule has 5 rings (SSSR count). The minimum atomic E-state index is -0.617. The van der Waals surface area contributed by atoms with Crippen molar-refractivity contribution in [1.82, 2.24) is 4.90 Å². The van der Waals surface area contributed by atoms with Gasteiger partial charge in [-0.15, -0.1) is 0 Å². The highest BCUT2D eigenvalue weighted by Crippen LogP contribution is 2.56.